The summed E-state index contributed by atoms with van der Waals surface area (Å²) >= 11 is 0. The highest BCUT2D eigenvalue weighted by molar-refractivity contribution is 7.92. The van der Waals surface area contributed by atoms with Crippen LogP contribution in [0.25, 0.3) is 0 Å². The third kappa shape index (κ3) is 5.24. The molecule has 2 N–H and O–H groups in total. The van der Waals surface area contributed by atoms with Crippen molar-refractivity contribution in [2.45, 2.75) is 36.7 Å². The van der Waals surface area contributed by atoms with Gasteiger partial charge < -0.3 is 10.1 Å². The standard InChI is InChI=1S/C24H24N2O4S/c27-24(25-18-14-16-20(17-15-18)30-19-8-4-5-9-19)22-12-6-7-13-23(22)26-31(28,29)21-10-2-1-3-11-21/h1-3,6-7,10-17,19,26H,4-5,8-9H2,(H,25,27). The lowest BCUT2D eigenvalue weighted by molar-refractivity contribution is 0.102. The maximum absolute atomic E-state index is 12.8. The SMILES string of the molecule is O=C(Nc1ccc(OC2CCCC2)cc1)c1ccccc1NS(=O)(=O)c1ccccc1. The average molecular weight is 437 g/mol. The van der Waals surface area contributed by atoms with Gasteiger partial charge in [-0.05, 0) is 74.2 Å². The average Bonchev–Trinajstić information content (AvgIpc) is 3.29. The largest absolute Gasteiger partial charge is 0.490 e. The molecule has 0 spiro atoms. The molecular formula is C24H24N2O4S. The molecule has 0 aromatic heterocycles. The van der Waals surface area contributed by atoms with Gasteiger partial charge in [0.25, 0.3) is 15.9 Å². The summed E-state index contributed by atoms with van der Waals surface area (Å²) in [4.78, 5) is 13.0. The maximum Gasteiger partial charge on any atom is 0.261 e. The molecular weight excluding hydrogens is 412 g/mol. The van der Waals surface area contributed by atoms with Gasteiger partial charge in [-0.25, -0.2) is 8.42 Å². The van der Waals surface area contributed by atoms with Gasteiger partial charge in [-0.3, -0.25) is 9.52 Å². The van der Waals surface area contributed by atoms with Crippen LogP contribution in [0.2, 0.25) is 0 Å². The summed E-state index contributed by atoms with van der Waals surface area (Å²) in [6.07, 6.45) is 4.82. The predicted octanol–water partition coefficient (Wildman–Crippen LogP) is 5.06. The van der Waals surface area contributed by atoms with Gasteiger partial charge in [0.05, 0.1) is 22.3 Å². The van der Waals surface area contributed by atoms with Crippen molar-refractivity contribution < 1.29 is 17.9 Å². The van der Waals surface area contributed by atoms with Crippen molar-refractivity contribution in [3.63, 3.8) is 0 Å². The molecule has 1 saturated carbocycles. The van der Waals surface area contributed by atoms with Crippen molar-refractivity contribution in [1.82, 2.24) is 0 Å². The van der Waals surface area contributed by atoms with Gasteiger partial charge in [0.1, 0.15) is 5.75 Å². The first-order valence-corrected chi connectivity index (χ1v) is 11.7. The summed E-state index contributed by atoms with van der Waals surface area (Å²) in [5.41, 5.74) is 1.04. The number of amides is 1. The van der Waals surface area contributed by atoms with E-state index in [1.165, 1.54) is 25.0 Å². The summed E-state index contributed by atoms with van der Waals surface area (Å²) < 4.78 is 33.8. The minimum Gasteiger partial charge on any atom is -0.490 e. The lowest BCUT2D eigenvalue weighted by atomic mass is 10.1. The lowest BCUT2D eigenvalue weighted by Gasteiger charge is -2.14. The second-order valence-corrected chi connectivity index (χ2v) is 9.15. The molecule has 0 saturated heterocycles. The molecule has 0 radical (unpaired) electrons. The van der Waals surface area contributed by atoms with Gasteiger partial charge in [0.2, 0.25) is 0 Å². The van der Waals surface area contributed by atoms with Gasteiger partial charge in [-0.2, -0.15) is 0 Å². The number of ether oxygens (including phenoxy) is 1. The van der Waals surface area contributed by atoms with E-state index in [-0.39, 0.29) is 22.3 Å². The van der Waals surface area contributed by atoms with E-state index >= 15 is 0 Å². The first-order valence-electron chi connectivity index (χ1n) is 10.3. The summed E-state index contributed by atoms with van der Waals surface area (Å²) in [5, 5.41) is 2.82. The van der Waals surface area contributed by atoms with Crippen LogP contribution in [0.4, 0.5) is 11.4 Å². The fraction of sp³-hybridized carbons (Fsp3) is 0.208. The highest BCUT2D eigenvalue weighted by Crippen LogP contribution is 2.26. The van der Waals surface area contributed by atoms with Gasteiger partial charge in [-0.15, -0.1) is 0 Å². The van der Waals surface area contributed by atoms with Crippen LogP contribution in [-0.4, -0.2) is 20.4 Å². The fourth-order valence-electron chi connectivity index (χ4n) is 3.59. The van der Waals surface area contributed by atoms with Crippen molar-refractivity contribution in [3.05, 3.63) is 84.4 Å². The Morgan fingerprint density at radius 2 is 1.48 bits per heavy atom. The Hall–Kier alpha value is -3.32. The van der Waals surface area contributed by atoms with Crippen LogP contribution in [0.3, 0.4) is 0 Å². The number of benzene rings is 3. The fourth-order valence-corrected chi connectivity index (χ4v) is 4.69. The van der Waals surface area contributed by atoms with E-state index in [0.29, 0.717) is 5.69 Å². The highest BCUT2D eigenvalue weighted by Gasteiger charge is 2.19. The monoisotopic (exact) mass is 436 g/mol. The van der Waals surface area contributed by atoms with Crippen LogP contribution in [0.15, 0.2) is 83.8 Å². The van der Waals surface area contributed by atoms with E-state index < -0.39 is 15.9 Å². The van der Waals surface area contributed by atoms with E-state index in [1.807, 2.05) is 12.1 Å². The molecule has 0 heterocycles. The zero-order valence-electron chi connectivity index (χ0n) is 17.0. The molecule has 31 heavy (non-hydrogen) atoms. The topological polar surface area (TPSA) is 84.5 Å². The van der Waals surface area contributed by atoms with Crippen molar-refractivity contribution >= 4 is 27.3 Å². The Morgan fingerprint density at radius 3 is 2.19 bits per heavy atom. The molecule has 0 bridgehead atoms. The number of carbonyl (C=O) groups excluding carboxylic acids is 1. The van der Waals surface area contributed by atoms with Crippen molar-refractivity contribution in [2.75, 3.05) is 10.0 Å². The predicted molar refractivity (Wildman–Crippen MR) is 121 cm³/mol. The number of anilines is 2. The Bertz CT molecular complexity index is 1140. The lowest BCUT2D eigenvalue weighted by Crippen LogP contribution is -2.18. The number of carbonyl (C=O) groups is 1. The molecule has 0 aliphatic heterocycles. The van der Waals surface area contributed by atoms with Gasteiger partial charge in [0.15, 0.2) is 0 Å². The van der Waals surface area contributed by atoms with Crippen LogP contribution in [0.5, 0.6) is 5.75 Å². The third-order valence-corrected chi connectivity index (χ3v) is 6.57. The molecule has 1 aliphatic carbocycles. The maximum atomic E-state index is 12.8. The van der Waals surface area contributed by atoms with Crippen LogP contribution in [0, 0.1) is 0 Å². The summed E-state index contributed by atoms with van der Waals surface area (Å²) in [5.74, 6) is 0.372. The number of hydrogen-bond acceptors (Lipinski definition) is 4. The van der Waals surface area contributed by atoms with Crippen LogP contribution in [0.1, 0.15) is 36.0 Å². The van der Waals surface area contributed by atoms with Gasteiger partial charge in [-0.1, -0.05) is 30.3 Å². The molecule has 160 valence electrons. The van der Waals surface area contributed by atoms with E-state index in [9.17, 15) is 13.2 Å². The molecule has 3 aromatic rings. The van der Waals surface area contributed by atoms with E-state index in [1.54, 1.807) is 54.6 Å². The van der Waals surface area contributed by atoms with E-state index in [4.69, 9.17) is 4.74 Å². The van der Waals surface area contributed by atoms with Crippen molar-refractivity contribution in [1.29, 1.82) is 0 Å². The zero-order chi connectivity index (χ0) is 21.7. The van der Waals surface area contributed by atoms with Gasteiger partial charge >= 0.3 is 0 Å². The van der Waals surface area contributed by atoms with Crippen LogP contribution < -0.4 is 14.8 Å². The number of sulfonamides is 1. The number of para-hydroxylation sites is 1. The molecule has 4 rings (SSSR count). The Labute approximate surface area is 182 Å². The highest BCUT2D eigenvalue weighted by atomic mass is 32.2. The first-order chi connectivity index (χ1) is 15.0. The minimum absolute atomic E-state index is 0.128. The molecule has 1 aliphatic rings. The molecule has 0 atom stereocenters. The van der Waals surface area contributed by atoms with Gasteiger partial charge in [0, 0.05) is 5.69 Å². The molecule has 6 nitrogen and oxygen atoms in total. The van der Waals surface area contributed by atoms with Crippen molar-refractivity contribution in [2.24, 2.45) is 0 Å². The van der Waals surface area contributed by atoms with E-state index in [2.05, 4.69) is 10.0 Å². The second kappa shape index (κ2) is 9.22. The number of hydrogen-bond donors (Lipinski definition) is 2. The molecule has 3 aromatic carbocycles. The van der Waals surface area contributed by atoms with Crippen LogP contribution >= 0.6 is 0 Å². The number of nitrogens with one attached hydrogen (secondary N) is 2. The quantitative estimate of drug-likeness (QED) is 0.542. The second-order valence-electron chi connectivity index (χ2n) is 7.47. The number of rotatable bonds is 7. The Kier molecular flexibility index (Phi) is 6.23. The molecule has 1 fully saturated rings. The summed E-state index contributed by atoms with van der Waals surface area (Å²) in [6.45, 7) is 0. The summed E-state index contributed by atoms with van der Waals surface area (Å²) in [7, 11) is -3.81. The molecule has 1 amide bonds. The van der Waals surface area contributed by atoms with Crippen molar-refractivity contribution in [3.8, 4) is 5.75 Å². The summed E-state index contributed by atoms with van der Waals surface area (Å²) in [6, 6.07) is 21.8. The smallest absolute Gasteiger partial charge is 0.261 e. The first kappa shape index (κ1) is 20.9. The minimum atomic E-state index is -3.81. The Balaban J connectivity index is 1.47. The van der Waals surface area contributed by atoms with Crippen LogP contribution in [-0.2, 0) is 10.0 Å². The molecule has 0 unspecified atom stereocenters. The third-order valence-electron chi connectivity index (χ3n) is 5.19. The zero-order valence-corrected chi connectivity index (χ0v) is 17.8. The normalized spacial score (nSPS) is 14.2. The Morgan fingerprint density at radius 1 is 0.839 bits per heavy atom. The van der Waals surface area contributed by atoms with E-state index in [0.717, 1.165) is 18.6 Å². The molecule has 7 heteroatoms.